The SMILES string of the molecule is CCOC(=O)C1=C(c2ccccc2)N=c2s/c(=C\c3cc(I)c(OCc4ccccc4Cl)c(I)c3)c(=O)n2[C@@H]1c1ccc(C(C)C)cc1. The molecular weight excluding hydrogens is 870 g/mol. The van der Waals surface area contributed by atoms with Gasteiger partial charge >= 0.3 is 5.97 Å². The number of rotatable bonds is 9. The third-order valence-electron chi connectivity index (χ3n) is 7.94. The Bertz CT molecular complexity index is 2190. The average Bonchev–Trinajstić information content (AvgIpc) is 3.38. The van der Waals surface area contributed by atoms with Gasteiger partial charge in [0.05, 0.1) is 35.6 Å². The molecule has 244 valence electrons. The molecule has 0 N–H and O–H groups in total. The molecule has 0 bridgehead atoms. The van der Waals surface area contributed by atoms with Crippen molar-refractivity contribution >= 4 is 85.9 Å². The van der Waals surface area contributed by atoms with Crippen LogP contribution in [-0.2, 0) is 16.1 Å². The number of halogens is 3. The standard InChI is InChI=1S/C38H31ClI2N2O4S/c1-4-46-37(45)32-33(25-10-6-5-7-11-25)42-38-43(34(32)26-16-14-24(15-17-26)22(2)3)36(44)31(48-38)20-23-18-29(40)35(30(41)19-23)47-21-27-12-8-9-13-28(27)39/h5-20,22,34H,4,21H2,1-3H3/b31-20-/t34-/m1/s1. The van der Waals surface area contributed by atoms with E-state index < -0.39 is 12.0 Å². The zero-order valence-corrected chi connectivity index (χ0v) is 32.3. The second-order valence-corrected chi connectivity index (χ2v) is 15.2. The number of thiazole rings is 1. The van der Waals surface area contributed by atoms with E-state index in [0.29, 0.717) is 38.2 Å². The molecular formula is C38H31ClI2N2O4S. The van der Waals surface area contributed by atoms with Crippen molar-refractivity contribution in [3.63, 3.8) is 0 Å². The van der Waals surface area contributed by atoms with Gasteiger partial charge in [0.1, 0.15) is 12.4 Å². The van der Waals surface area contributed by atoms with Gasteiger partial charge in [0.15, 0.2) is 4.80 Å². The highest BCUT2D eigenvalue weighted by Gasteiger charge is 2.35. The molecule has 10 heteroatoms. The molecule has 0 aliphatic carbocycles. The maximum atomic E-state index is 14.3. The van der Waals surface area contributed by atoms with E-state index in [4.69, 9.17) is 26.1 Å². The predicted molar refractivity (Wildman–Crippen MR) is 209 cm³/mol. The summed E-state index contributed by atoms with van der Waals surface area (Å²) in [6.07, 6.45) is 1.88. The summed E-state index contributed by atoms with van der Waals surface area (Å²) in [6.45, 7) is 6.58. The molecule has 0 amide bonds. The molecule has 1 aromatic heterocycles. The van der Waals surface area contributed by atoms with Gasteiger partial charge in [-0.2, -0.15) is 0 Å². The first kappa shape index (κ1) is 34.6. The van der Waals surface area contributed by atoms with Crippen molar-refractivity contribution in [1.82, 2.24) is 4.57 Å². The molecule has 0 saturated carbocycles. The van der Waals surface area contributed by atoms with Crippen molar-refractivity contribution in [2.24, 2.45) is 4.99 Å². The van der Waals surface area contributed by atoms with Crippen LogP contribution in [0.5, 0.6) is 5.75 Å². The molecule has 48 heavy (non-hydrogen) atoms. The van der Waals surface area contributed by atoms with Gasteiger partial charge in [-0.05, 0) is 99.0 Å². The van der Waals surface area contributed by atoms with Gasteiger partial charge in [-0.3, -0.25) is 9.36 Å². The van der Waals surface area contributed by atoms with Crippen LogP contribution in [-0.4, -0.2) is 17.1 Å². The smallest absolute Gasteiger partial charge is 0.338 e. The number of aromatic nitrogens is 1. The van der Waals surface area contributed by atoms with Crippen LogP contribution >= 0.6 is 68.1 Å². The third kappa shape index (κ3) is 7.19. The highest BCUT2D eigenvalue weighted by Crippen LogP contribution is 2.36. The Labute approximate surface area is 315 Å². The predicted octanol–water partition coefficient (Wildman–Crippen LogP) is 8.50. The van der Waals surface area contributed by atoms with Gasteiger partial charge < -0.3 is 9.47 Å². The fraction of sp³-hybridized carbons (Fsp3) is 0.184. The molecule has 4 aromatic carbocycles. The number of esters is 1. The van der Waals surface area contributed by atoms with E-state index in [1.54, 1.807) is 11.5 Å². The van der Waals surface area contributed by atoms with E-state index in [9.17, 15) is 9.59 Å². The summed E-state index contributed by atoms with van der Waals surface area (Å²) in [5.41, 5.74) is 5.12. The Balaban J connectivity index is 1.49. The Morgan fingerprint density at radius 1 is 1.00 bits per heavy atom. The van der Waals surface area contributed by atoms with Crippen LogP contribution in [0.3, 0.4) is 0 Å². The minimum atomic E-state index is -0.722. The van der Waals surface area contributed by atoms with Crippen molar-refractivity contribution in [2.45, 2.75) is 39.3 Å². The van der Waals surface area contributed by atoms with Crippen LogP contribution in [0.2, 0.25) is 5.02 Å². The van der Waals surface area contributed by atoms with Crippen LogP contribution in [0.25, 0.3) is 11.8 Å². The van der Waals surface area contributed by atoms with Crippen molar-refractivity contribution in [3.8, 4) is 5.75 Å². The van der Waals surface area contributed by atoms with Gasteiger partial charge in [0, 0.05) is 16.1 Å². The monoisotopic (exact) mass is 900 g/mol. The normalized spacial score (nSPS) is 14.6. The van der Waals surface area contributed by atoms with E-state index in [1.165, 1.54) is 16.9 Å². The van der Waals surface area contributed by atoms with Crippen LogP contribution in [0.4, 0.5) is 0 Å². The van der Waals surface area contributed by atoms with Gasteiger partial charge in [0.25, 0.3) is 5.56 Å². The first-order chi connectivity index (χ1) is 23.2. The van der Waals surface area contributed by atoms with Crippen LogP contribution < -0.4 is 19.6 Å². The highest BCUT2D eigenvalue weighted by molar-refractivity contribution is 14.1. The van der Waals surface area contributed by atoms with E-state index in [-0.39, 0.29) is 12.2 Å². The molecule has 1 atom stereocenters. The maximum Gasteiger partial charge on any atom is 0.338 e. The second-order valence-electron chi connectivity index (χ2n) is 11.4. The number of ether oxygens (including phenoxy) is 2. The molecule has 6 rings (SSSR count). The summed E-state index contributed by atoms with van der Waals surface area (Å²) in [7, 11) is 0. The lowest BCUT2D eigenvalue weighted by atomic mass is 9.91. The summed E-state index contributed by atoms with van der Waals surface area (Å²) in [4.78, 5) is 33.6. The average molecular weight is 901 g/mol. The second kappa shape index (κ2) is 15.1. The number of hydrogen-bond acceptors (Lipinski definition) is 6. The van der Waals surface area contributed by atoms with Gasteiger partial charge in [-0.25, -0.2) is 9.79 Å². The molecule has 0 unspecified atom stereocenters. The third-order valence-corrected chi connectivity index (χ3v) is 10.9. The Morgan fingerprint density at radius 3 is 2.31 bits per heavy atom. The lowest BCUT2D eigenvalue weighted by Crippen LogP contribution is -2.40. The van der Waals surface area contributed by atoms with Gasteiger partial charge in [0.2, 0.25) is 0 Å². The molecule has 0 fully saturated rings. The fourth-order valence-corrected chi connectivity index (χ4v) is 8.86. The molecule has 0 saturated heterocycles. The topological polar surface area (TPSA) is 69.9 Å². The van der Waals surface area contributed by atoms with Crippen LogP contribution in [0.15, 0.2) is 106 Å². The summed E-state index contributed by atoms with van der Waals surface area (Å²) in [5.74, 6) is 0.592. The minimum absolute atomic E-state index is 0.198. The molecule has 5 aromatic rings. The number of hydrogen-bond donors (Lipinski definition) is 0. The van der Waals surface area contributed by atoms with E-state index in [2.05, 4.69) is 71.2 Å². The number of fused-ring (bicyclic) bond motifs is 1. The number of carbonyl (C=O) groups excluding carboxylic acids is 1. The molecule has 1 aliphatic heterocycles. The largest absolute Gasteiger partial charge is 0.487 e. The Hall–Kier alpha value is -3.26. The quantitative estimate of drug-likeness (QED) is 0.110. The molecule has 2 heterocycles. The van der Waals surface area contributed by atoms with E-state index in [1.807, 2.05) is 84.9 Å². The van der Waals surface area contributed by atoms with Crippen LogP contribution in [0.1, 0.15) is 60.5 Å². The Morgan fingerprint density at radius 2 is 1.67 bits per heavy atom. The summed E-state index contributed by atoms with van der Waals surface area (Å²) in [6, 6.07) is 28.6. The van der Waals surface area contributed by atoms with Crippen LogP contribution in [0, 0.1) is 7.14 Å². The van der Waals surface area contributed by atoms with Gasteiger partial charge in [-0.15, -0.1) is 0 Å². The van der Waals surface area contributed by atoms with Crippen molar-refractivity contribution < 1.29 is 14.3 Å². The highest BCUT2D eigenvalue weighted by atomic mass is 127. The van der Waals surface area contributed by atoms with Crippen molar-refractivity contribution in [3.05, 3.63) is 156 Å². The Kier molecular flexibility index (Phi) is 10.9. The van der Waals surface area contributed by atoms with Crippen molar-refractivity contribution in [2.75, 3.05) is 6.61 Å². The first-order valence-corrected chi connectivity index (χ1v) is 18.7. The van der Waals surface area contributed by atoms with Gasteiger partial charge in [-0.1, -0.05) is 110 Å². The maximum absolute atomic E-state index is 14.3. The zero-order chi connectivity index (χ0) is 33.9. The van der Waals surface area contributed by atoms with E-state index >= 15 is 0 Å². The summed E-state index contributed by atoms with van der Waals surface area (Å²) < 4.78 is 15.7. The number of benzene rings is 4. The van der Waals surface area contributed by atoms with E-state index in [0.717, 1.165) is 35.1 Å². The van der Waals surface area contributed by atoms with Crippen molar-refractivity contribution in [1.29, 1.82) is 0 Å². The minimum Gasteiger partial charge on any atom is -0.487 e. The summed E-state index contributed by atoms with van der Waals surface area (Å²) >= 11 is 12.2. The molecule has 0 radical (unpaired) electrons. The molecule has 1 aliphatic rings. The fourth-order valence-electron chi connectivity index (χ4n) is 5.54. The lowest BCUT2D eigenvalue weighted by molar-refractivity contribution is -0.138. The first-order valence-electron chi connectivity index (χ1n) is 15.4. The zero-order valence-electron chi connectivity index (χ0n) is 26.4. The lowest BCUT2D eigenvalue weighted by Gasteiger charge is -2.26. The summed E-state index contributed by atoms with van der Waals surface area (Å²) in [5, 5.41) is 0.658. The molecule has 0 spiro atoms. The number of nitrogens with zero attached hydrogens (tertiary/aromatic N) is 2. The number of carbonyl (C=O) groups is 1. The molecule has 6 nitrogen and oxygen atoms in total.